The number of benzene rings is 2. The van der Waals surface area contributed by atoms with E-state index in [9.17, 15) is 4.39 Å². The highest BCUT2D eigenvalue weighted by molar-refractivity contribution is 7.97. The summed E-state index contributed by atoms with van der Waals surface area (Å²) >= 11 is 1.47. The van der Waals surface area contributed by atoms with Crippen LogP contribution in [0.1, 0.15) is 38.4 Å². The van der Waals surface area contributed by atoms with Crippen molar-refractivity contribution >= 4 is 39.7 Å². The first kappa shape index (κ1) is 21.6. The predicted molar refractivity (Wildman–Crippen MR) is 128 cm³/mol. The van der Waals surface area contributed by atoms with Crippen molar-refractivity contribution in [3.63, 3.8) is 0 Å². The number of halogens is 1. The van der Waals surface area contributed by atoms with E-state index in [1.54, 1.807) is 12.1 Å². The smallest absolute Gasteiger partial charge is 0.152 e. The maximum absolute atomic E-state index is 13.3. The summed E-state index contributed by atoms with van der Waals surface area (Å²) in [5.41, 5.74) is 9.08. The van der Waals surface area contributed by atoms with E-state index in [1.165, 1.54) is 18.0 Å². The van der Waals surface area contributed by atoms with Crippen molar-refractivity contribution in [2.45, 2.75) is 50.5 Å². The fraction of sp³-hybridized carbons (Fsp3) is 0.333. The molecule has 2 aromatic heterocycles. The van der Waals surface area contributed by atoms with Crippen molar-refractivity contribution in [2.24, 2.45) is 0 Å². The molecule has 0 radical (unpaired) electrons. The Bertz CT molecular complexity index is 1170. The van der Waals surface area contributed by atoms with Gasteiger partial charge in [-0.15, -0.1) is 0 Å². The van der Waals surface area contributed by atoms with Crippen LogP contribution in [0.15, 0.2) is 53.4 Å². The van der Waals surface area contributed by atoms with Crippen LogP contribution in [0, 0.1) is 5.82 Å². The summed E-state index contributed by atoms with van der Waals surface area (Å²) in [4.78, 5) is 10.3. The normalized spacial score (nSPS) is 11.5. The molecule has 2 heterocycles. The second-order valence-corrected chi connectivity index (χ2v) is 8.62. The van der Waals surface area contributed by atoms with E-state index in [2.05, 4.69) is 27.3 Å². The highest BCUT2D eigenvalue weighted by Gasteiger charge is 2.16. The van der Waals surface area contributed by atoms with Gasteiger partial charge in [0.1, 0.15) is 17.2 Å². The summed E-state index contributed by atoms with van der Waals surface area (Å²) in [6, 6.07) is 14.8. The standard InChI is InChI=1S/C24H28FN5S/c1-2-3-13-21-29-22-23(19-11-4-5-12-20(19)28-24(22)26)30(21)15-7-6-14-27-31-18-10-8-9-17(25)16-18/h4-5,8-12,16,27H,2-3,6-7,13-15H2,1H3,(H2,26,28). The molecule has 0 fully saturated rings. The molecule has 0 saturated carbocycles. The minimum absolute atomic E-state index is 0.209. The van der Waals surface area contributed by atoms with Crippen LogP contribution in [-0.4, -0.2) is 21.1 Å². The SMILES string of the molecule is CCCCc1nc2c(N)nc3ccccc3c2n1CCCCNSc1cccc(F)c1. The minimum atomic E-state index is -0.209. The Morgan fingerprint density at radius 2 is 1.94 bits per heavy atom. The molecular weight excluding hydrogens is 409 g/mol. The van der Waals surface area contributed by atoms with Gasteiger partial charge in [-0.1, -0.05) is 37.6 Å². The molecule has 4 rings (SSSR count). The molecule has 0 spiro atoms. The van der Waals surface area contributed by atoms with E-state index in [0.717, 1.165) is 77.8 Å². The summed E-state index contributed by atoms with van der Waals surface area (Å²) in [6.45, 7) is 3.93. The molecule has 5 nitrogen and oxygen atoms in total. The van der Waals surface area contributed by atoms with Crippen molar-refractivity contribution < 1.29 is 4.39 Å². The molecular formula is C24H28FN5S. The Hall–Kier alpha value is -2.64. The van der Waals surface area contributed by atoms with E-state index in [0.29, 0.717) is 5.82 Å². The molecule has 0 bridgehead atoms. The molecule has 0 aliphatic rings. The molecule has 2 aromatic carbocycles. The second kappa shape index (κ2) is 10.1. The van der Waals surface area contributed by atoms with Crippen LogP contribution >= 0.6 is 11.9 Å². The zero-order valence-electron chi connectivity index (χ0n) is 17.8. The number of pyridine rings is 1. The Labute approximate surface area is 186 Å². The van der Waals surface area contributed by atoms with E-state index < -0.39 is 0 Å². The third kappa shape index (κ3) is 4.99. The minimum Gasteiger partial charge on any atom is -0.382 e. The van der Waals surface area contributed by atoms with E-state index in [1.807, 2.05) is 24.3 Å². The van der Waals surface area contributed by atoms with Crippen molar-refractivity contribution in [1.29, 1.82) is 0 Å². The summed E-state index contributed by atoms with van der Waals surface area (Å²) < 4.78 is 19.0. The lowest BCUT2D eigenvalue weighted by atomic mass is 10.2. The lowest BCUT2D eigenvalue weighted by molar-refractivity contribution is 0.588. The molecule has 7 heteroatoms. The second-order valence-electron chi connectivity index (χ2n) is 7.66. The van der Waals surface area contributed by atoms with Crippen molar-refractivity contribution in [2.75, 3.05) is 12.3 Å². The fourth-order valence-corrected chi connectivity index (χ4v) is 4.53. The number of aromatic nitrogens is 3. The van der Waals surface area contributed by atoms with Gasteiger partial charge in [-0.3, -0.25) is 4.72 Å². The molecule has 0 atom stereocenters. The molecule has 0 saturated heterocycles. The zero-order valence-corrected chi connectivity index (χ0v) is 18.6. The average Bonchev–Trinajstić information content (AvgIpc) is 3.14. The van der Waals surface area contributed by atoms with Gasteiger partial charge >= 0.3 is 0 Å². The molecule has 0 aliphatic heterocycles. The van der Waals surface area contributed by atoms with Gasteiger partial charge in [0.05, 0.1) is 11.0 Å². The van der Waals surface area contributed by atoms with Crippen molar-refractivity contribution in [3.8, 4) is 0 Å². The van der Waals surface area contributed by atoms with Crippen LogP contribution in [0.4, 0.5) is 10.2 Å². The van der Waals surface area contributed by atoms with Gasteiger partial charge in [0.15, 0.2) is 5.82 Å². The maximum Gasteiger partial charge on any atom is 0.152 e. The number of hydrogen-bond acceptors (Lipinski definition) is 5. The van der Waals surface area contributed by atoms with Crippen LogP contribution in [0.5, 0.6) is 0 Å². The molecule has 162 valence electrons. The number of nitrogen functional groups attached to an aromatic ring is 1. The first-order valence-electron chi connectivity index (χ1n) is 10.9. The van der Waals surface area contributed by atoms with Crippen molar-refractivity contribution in [3.05, 3.63) is 60.2 Å². The van der Waals surface area contributed by atoms with Gasteiger partial charge in [0.25, 0.3) is 0 Å². The highest BCUT2D eigenvalue weighted by atomic mass is 32.2. The van der Waals surface area contributed by atoms with Crippen LogP contribution in [0.25, 0.3) is 21.9 Å². The number of anilines is 1. The summed E-state index contributed by atoms with van der Waals surface area (Å²) in [5.74, 6) is 1.38. The summed E-state index contributed by atoms with van der Waals surface area (Å²) in [6.07, 6.45) is 5.18. The van der Waals surface area contributed by atoms with Gasteiger partial charge in [-0.25, -0.2) is 14.4 Å². The Morgan fingerprint density at radius 1 is 1.06 bits per heavy atom. The Kier molecular flexibility index (Phi) is 7.04. The third-order valence-corrected chi connectivity index (χ3v) is 6.18. The predicted octanol–water partition coefficient (Wildman–Crippen LogP) is 5.73. The largest absolute Gasteiger partial charge is 0.382 e. The van der Waals surface area contributed by atoms with Gasteiger partial charge in [0.2, 0.25) is 0 Å². The van der Waals surface area contributed by atoms with Crippen LogP contribution in [-0.2, 0) is 13.0 Å². The van der Waals surface area contributed by atoms with E-state index in [4.69, 9.17) is 10.7 Å². The Morgan fingerprint density at radius 3 is 2.77 bits per heavy atom. The molecule has 4 aromatic rings. The van der Waals surface area contributed by atoms with Gasteiger partial charge in [-0.05, 0) is 55.5 Å². The summed E-state index contributed by atoms with van der Waals surface area (Å²) in [7, 11) is 0. The average molecular weight is 438 g/mol. The molecule has 3 N–H and O–H groups in total. The first-order chi connectivity index (χ1) is 15.2. The van der Waals surface area contributed by atoms with Gasteiger partial charge in [0, 0.05) is 29.8 Å². The molecule has 0 aliphatic carbocycles. The Balaban J connectivity index is 1.47. The number of fused-ring (bicyclic) bond motifs is 3. The van der Waals surface area contributed by atoms with Crippen LogP contribution < -0.4 is 10.5 Å². The van der Waals surface area contributed by atoms with E-state index in [-0.39, 0.29) is 5.82 Å². The number of para-hydroxylation sites is 1. The number of nitrogens with zero attached hydrogens (tertiary/aromatic N) is 3. The van der Waals surface area contributed by atoms with E-state index >= 15 is 0 Å². The third-order valence-electron chi connectivity index (χ3n) is 5.34. The quantitative estimate of drug-likeness (QED) is 0.245. The fourth-order valence-electron chi connectivity index (χ4n) is 3.80. The number of aryl methyl sites for hydroxylation is 2. The zero-order chi connectivity index (χ0) is 21.6. The number of rotatable bonds is 10. The topological polar surface area (TPSA) is 68.8 Å². The first-order valence-corrected chi connectivity index (χ1v) is 11.7. The van der Waals surface area contributed by atoms with Gasteiger partial charge in [-0.2, -0.15) is 0 Å². The van der Waals surface area contributed by atoms with Crippen molar-refractivity contribution in [1.82, 2.24) is 19.3 Å². The molecule has 0 amide bonds. The number of nitrogens with one attached hydrogen (secondary N) is 1. The number of nitrogens with two attached hydrogens (primary N) is 1. The lowest BCUT2D eigenvalue weighted by Crippen LogP contribution is -2.09. The number of unbranched alkanes of at least 4 members (excludes halogenated alkanes) is 2. The van der Waals surface area contributed by atoms with Crippen LogP contribution in [0.2, 0.25) is 0 Å². The lowest BCUT2D eigenvalue weighted by Gasteiger charge is -2.11. The maximum atomic E-state index is 13.3. The van der Waals surface area contributed by atoms with Crippen LogP contribution in [0.3, 0.4) is 0 Å². The highest BCUT2D eigenvalue weighted by Crippen LogP contribution is 2.29. The molecule has 31 heavy (non-hydrogen) atoms. The number of hydrogen-bond donors (Lipinski definition) is 2. The monoisotopic (exact) mass is 437 g/mol. The number of imidazole rings is 1. The van der Waals surface area contributed by atoms with Gasteiger partial charge < -0.3 is 10.3 Å². The molecule has 0 unspecified atom stereocenters. The summed E-state index contributed by atoms with van der Waals surface area (Å²) in [5, 5.41) is 1.10.